The molecule has 1 aromatic heterocycles. The van der Waals surface area contributed by atoms with Crippen LogP contribution < -0.4 is 5.32 Å². The second kappa shape index (κ2) is 6.60. The van der Waals surface area contributed by atoms with Gasteiger partial charge < -0.3 is 15.2 Å². The summed E-state index contributed by atoms with van der Waals surface area (Å²) in [6.45, 7) is 6.90. The third kappa shape index (κ3) is 4.46. The molecule has 1 amide bonds. The summed E-state index contributed by atoms with van der Waals surface area (Å²) in [5.41, 5.74) is 0.448. The fourth-order valence-electron chi connectivity index (χ4n) is 2.50. The van der Waals surface area contributed by atoms with Gasteiger partial charge in [-0.05, 0) is 52.0 Å². The Hall–Kier alpha value is -2.05. The minimum Gasteiger partial charge on any atom is -0.480 e. The Kier molecular flexibility index (Phi) is 4.97. The average Bonchev–Trinajstić information content (AvgIpc) is 2.79. The first-order valence-electron chi connectivity index (χ1n) is 7.94. The van der Waals surface area contributed by atoms with Gasteiger partial charge in [0.1, 0.15) is 5.60 Å². The highest BCUT2D eigenvalue weighted by Gasteiger charge is 2.31. The van der Waals surface area contributed by atoms with Crippen molar-refractivity contribution >= 4 is 12.1 Å². The molecule has 0 saturated heterocycles. The van der Waals surface area contributed by atoms with Crippen LogP contribution in [0.2, 0.25) is 0 Å². The summed E-state index contributed by atoms with van der Waals surface area (Å²) in [6.07, 6.45) is 6.44. The van der Waals surface area contributed by atoms with Crippen molar-refractivity contribution in [1.82, 2.24) is 15.1 Å². The average molecular weight is 323 g/mol. The fraction of sp³-hybridized carbons (Fsp3) is 0.688. The number of carboxylic acids is 1. The van der Waals surface area contributed by atoms with Crippen LogP contribution in [0.5, 0.6) is 0 Å². The van der Waals surface area contributed by atoms with Crippen LogP contribution in [-0.2, 0) is 9.53 Å². The molecule has 2 N–H and O–H groups in total. The van der Waals surface area contributed by atoms with Crippen LogP contribution in [-0.4, -0.2) is 38.6 Å². The van der Waals surface area contributed by atoms with Gasteiger partial charge in [-0.2, -0.15) is 5.10 Å². The maximum atomic E-state index is 11.9. The number of carbonyl (C=O) groups excluding carboxylic acids is 1. The van der Waals surface area contributed by atoms with Crippen molar-refractivity contribution in [3.63, 3.8) is 0 Å². The van der Waals surface area contributed by atoms with E-state index in [4.69, 9.17) is 4.74 Å². The summed E-state index contributed by atoms with van der Waals surface area (Å²) in [7, 11) is 0. The number of amides is 1. The highest BCUT2D eigenvalue weighted by molar-refractivity contribution is 5.80. The summed E-state index contributed by atoms with van der Waals surface area (Å²) < 4.78 is 6.73. The van der Waals surface area contributed by atoms with Gasteiger partial charge in [0.15, 0.2) is 6.04 Å². The standard InChI is InChI=1S/C16H25N3O4/c1-10(19-9-12(8-17-19)11-6-5-7-11)13(14(20)21)18-15(22)23-16(2,3)4/h8-11,13H,5-7H2,1-4H3,(H,18,22)(H,20,21). The van der Waals surface area contributed by atoms with E-state index in [0.717, 1.165) is 18.4 Å². The molecule has 0 aliphatic heterocycles. The van der Waals surface area contributed by atoms with E-state index in [1.54, 1.807) is 38.6 Å². The van der Waals surface area contributed by atoms with Crippen LogP contribution in [0, 0.1) is 0 Å². The molecule has 0 spiro atoms. The number of rotatable bonds is 5. The molecule has 0 aromatic carbocycles. The van der Waals surface area contributed by atoms with Crippen molar-refractivity contribution in [2.24, 2.45) is 0 Å². The van der Waals surface area contributed by atoms with Crippen molar-refractivity contribution in [2.75, 3.05) is 0 Å². The fourth-order valence-corrected chi connectivity index (χ4v) is 2.50. The summed E-state index contributed by atoms with van der Waals surface area (Å²) in [6, 6.07) is -1.63. The van der Waals surface area contributed by atoms with E-state index < -0.39 is 29.7 Å². The maximum absolute atomic E-state index is 11.9. The predicted molar refractivity (Wildman–Crippen MR) is 84.3 cm³/mol. The number of aliphatic carboxylic acids is 1. The SMILES string of the molecule is CC(C(NC(=O)OC(C)(C)C)C(=O)O)n1cc(C2CCC2)cn1. The third-order valence-corrected chi connectivity index (χ3v) is 4.04. The molecule has 7 nitrogen and oxygen atoms in total. The van der Waals surface area contributed by atoms with E-state index in [2.05, 4.69) is 10.4 Å². The maximum Gasteiger partial charge on any atom is 0.408 e. The van der Waals surface area contributed by atoms with Crippen molar-refractivity contribution in [3.05, 3.63) is 18.0 Å². The van der Waals surface area contributed by atoms with Crippen LogP contribution in [0.3, 0.4) is 0 Å². The largest absolute Gasteiger partial charge is 0.480 e. The lowest BCUT2D eigenvalue weighted by Crippen LogP contribution is -2.47. The summed E-state index contributed by atoms with van der Waals surface area (Å²) in [5, 5.41) is 16.1. The molecule has 1 aliphatic rings. The van der Waals surface area contributed by atoms with Gasteiger partial charge in [-0.25, -0.2) is 9.59 Å². The Morgan fingerprint density at radius 1 is 1.43 bits per heavy atom. The number of nitrogens with zero attached hydrogens (tertiary/aromatic N) is 2. The van der Waals surface area contributed by atoms with Gasteiger partial charge in [0.25, 0.3) is 0 Å². The van der Waals surface area contributed by atoms with Gasteiger partial charge in [0, 0.05) is 6.20 Å². The van der Waals surface area contributed by atoms with E-state index in [1.807, 2.05) is 6.20 Å². The molecule has 23 heavy (non-hydrogen) atoms. The number of carboxylic acid groups (broad SMARTS) is 1. The van der Waals surface area contributed by atoms with E-state index in [1.165, 1.54) is 6.42 Å². The Bertz CT molecular complexity index is 572. The number of carbonyl (C=O) groups is 2. The zero-order valence-corrected chi connectivity index (χ0v) is 14.1. The van der Waals surface area contributed by atoms with Gasteiger partial charge >= 0.3 is 12.1 Å². The quantitative estimate of drug-likeness (QED) is 0.869. The molecule has 2 unspecified atom stereocenters. The highest BCUT2D eigenvalue weighted by Crippen LogP contribution is 2.36. The van der Waals surface area contributed by atoms with E-state index >= 15 is 0 Å². The van der Waals surface area contributed by atoms with Gasteiger partial charge in [0.2, 0.25) is 0 Å². The molecular formula is C16H25N3O4. The molecule has 1 aliphatic carbocycles. The Labute approximate surface area is 136 Å². The second-order valence-electron chi connectivity index (χ2n) is 7.08. The molecule has 1 saturated carbocycles. The number of alkyl carbamates (subject to hydrolysis) is 1. The van der Waals surface area contributed by atoms with Gasteiger partial charge in [-0.3, -0.25) is 4.68 Å². The lowest BCUT2D eigenvalue weighted by molar-refractivity contribution is -0.140. The normalized spacial score (nSPS) is 17.9. The van der Waals surface area contributed by atoms with Crippen molar-refractivity contribution in [2.45, 2.75) is 70.6 Å². The van der Waals surface area contributed by atoms with Crippen molar-refractivity contribution in [1.29, 1.82) is 0 Å². The molecule has 1 fully saturated rings. The van der Waals surface area contributed by atoms with Crippen LogP contribution in [0.25, 0.3) is 0 Å². The first-order chi connectivity index (χ1) is 10.7. The zero-order chi connectivity index (χ0) is 17.2. The summed E-state index contributed by atoms with van der Waals surface area (Å²) in [5.74, 6) is -0.595. The van der Waals surface area contributed by atoms with Crippen molar-refractivity contribution < 1.29 is 19.4 Å². The van der Waals surface area contributed by atoms with Gasteiger partial charge in [-0.1, -0.05) is 6.42 Å². The molecule has 1 heterocycles. The van der Waals surface area contributed by atoms with Crippen LogP contribution in [0.4, 0.5) is 4.79 Å². The molecule has 7 heteroatoms. The molecule has 1 aromatic rings. The number of hydrogen-bond acceptors (Lipinski definition) is 4. The zero-order valence-electron chi connectivity index (χ0n) is 14.1. The van der Waals surface area contributed by atoms with Crippen molar-refractivity contribution in [3.8, 4) is 0 Å². The minimum atomic E-state index is -1.12. The van der Waals surface area contributed by atoms with Crippen LogP contribution in [0.1, 0.15) is 64.5 Å². The lowest BCUT2D eigenvalue weighted by Gasteiger charge is -2.25. The van der Waals surface area contributed by atoms with Gasteiger partial charge in [0.05, 0.1) is 12.2 Å². The topological polar surface area (TPSA) is 93.5 Å². The first kappa shape index (κ1) is 17.3. The number of aromatic nitrogens is 2. The Morgan fingerprint density at radius 3 is 2.57 bits per heavy atom. The Morgan fingerprint density at radius 2 is 2.09 bits per heavy atom. The van der Waals surface area contributed by atoms with Crippen LogP contribution >= 0.6 is 0 Å². The smallest absolute Gasteiger partial charge is 0.408 e. The van der Waals surface area contributed by atoms with E-state index in [-0.39, 0.29) is 0 Å². The number of hydrogen-bond donors (Lipinski definition) is 2. The second-order valence-corrected chi connectivity index (χ2v) is 7.08. The minimum absolute atomic E-state index is 0.520. The number of nitrogens with one attached hydrogen (secondary N) is 1. The first-order valence-corrected chi connectivity index (χ1v) is 7.94. The van der Waals surface area contributed by atoms with E-state index in [0.29, 0.717) is 5.92 Å². The predicted octanol–water partition coefficient (Wildman–Crippen LogP) is 2.69. The molecule has 128 valence electrons. The molecule has 2 atom stereocenters. The van der Waals surface area contributed by atoms with E-state index in [9.17, 15) is 14.7 Å². The lowest BCUT2D eigenvalue weighted by atomic mass is 9.81. The Balaban J connectivity index is 2.05. The monoisotopic (exact) mass is 323 g/mol. The third-order valence-electron chi connectivity index (χ3n) is 4.04. The summed E-state index contributed by atoms with van der Waals surface area (Å²) >= 11 is 0. The number of ether oxygens (including phenoxy) is 1. The highest BCUT2D eigenvalue weighted by atomic mass is 16.6. The molecular weight excluding hydrogens is 298 g/mol. The molecule has 0 bridgehead atoms. The summed E-state index contributed by atoms with van der Waals surface area (Å²) in [4.78, 5) is 23.4. The van der Waals surface area contributed by atoms with Gasteiger partial charge in [-0.15, -0.1) is 0 Å². The van der Waals surface area contributed by atoms with Crippen LogP contribution in [0.15, 0.2) is 12.4 Å². The molecule has 0 radical (unpaired) electrons. The molecule has 2 rings (SSSR count).